The van der Waals surface area contributed by atoms with E-state index >= 15 is 0 Å². The number of carbonyl (C=O) groups excluding carboxylic acids is 1. The summed E-state index contributed by atoms with van der Waals surface area (Å²) in [4.78, 5) is 31.0. The maximum atomic E-state index is 12.4. The van der Waals surface area contributed by atoms with Gasteiger partial charge in [0.15, 0.2) is 5.43 Å². The average Bonchev–Trinajstić information content (AvgIpc) is 3.02. The molecular formula is C23H26FN3O2. The monoisotopic (exact) mass is 395 g/mol. The Hall–Kier alpha value is -3.02. The highest BCUT2D eigenvalue weighted by atomic mass is 19.1. The number of aromatic nitrogens is 2. The summed E-state index contributed by atoms with van der Waals surface area (Å²) in [6.07, 6.45) is 3.76. The number of pyridine rings is 2. The zero-order chi connectivity index (χ0) is 21.1. The number of rotatable bonds is 2. The Bertz CT molecular complexity index is 1070. The molecule has 1 aliphatic carbocycles. The van der Waals surface area contributed by atoms with E-state index in [1.807, 2.05) is 6.07 Å². The zero-order valence-electron chi connectivity index (χ0n) is 16.9. The van der Waals surface area contributed by atoms with Crippen LogP contribution in [0.25, 0.3) is 10.9 Å². The largest absolute Gasteiger partial charge is 0.364 e. The Balaban J connectivity index is 0.000000252. The lowest BCUT2D eigenvalue weighted by Crippen LogP contribution is -2.19. The summed E-state index contributed by atoms with van der Waals surface area (Å²) in [5, 5.41) is 0.285. The molecule has 1 amide bonds. The molecule has 0 bridgehead atoms. The molecule has 3 aromatic rings. The van der Waals surface area contributed by atoms with Crippen molar-refractivity contribution >= 4 is 16.8 Å². The number of hydrogen-bond acceptors (Lipinski definition) is 3. The van der Waals surface area contributed by atoms with Crippen LogP contribution >= 0.6 is 0 Å². The quantitative estimate of drug-likeness (QED) is 0.678. The third-order valence-electron chi connectivity index (χ3n) is 5.59. The summed E-state index contributed by atoms with van der Waals surface area (Å²) in [7, 11) is 0. The van der Waals surface area contributed by atoms with Crippen LogP contribution in [0.4, 0.5) is 4.39 Å². The summed E-state index contributed by atoms with van der Waals surface area (Å²) in [5.74, 6) is 0.768. The molecule has 4 rings (SSSR count). The molecule has 2 aromatic heterocycles. The molecule has 6 heteroatoms. The number of aryl methyl sites for hydroxylation is 1. The lowest BCUT2D eigenvalue weighted by Gasteiger charge is -2.16. The van der Waals surface area contributed by atoms with Gasteiger partial charge in [0.1, 0.15) is 11.5 Å². The molecule has 3 unspecified atom stereocenters. The van der Waals surface area contributed by atoms with Crippen LogP contribution in [0.2, 0.25) is 0 Å². The molecule has 29 heavy (non-hydrogen) atoms. The van der Waals surface area contributed by atoms with Crippen molar-refractivity contribution in [3.8, 4) is 0 Å². The highest BCUT2D eigenvalue weighted by Gasteiger charge is 2.31. The number of nitrogens with two attached hydrogens (primary N) is 1. The third kappa shape index (κ3) is 4.53. The Morgan fingerprint density at radius 2 is 1.93 bits per heavy atom. The van der Waals surface area contributed by atoms with Gasteiger partial charge >= 0.3 is 0 Å². The molecule has 0 spiro atoms. The van der Waals surface area contributed by atoms with Gasteiger partial charge in [0, 0.05) is 23.9 Å². The number of primary amides is 1. The molecule has 1 aliphatic rings. The van der Waals surface area contributed by atoms with Gasteiger partial charge in [-0.3, -0.25) is 14.6 Å². The topological polar surface area (TPSA) is 88.8 Å². The third-order valence-corrected chi connectivity index (χ3v) is 5.59. The van der Waals surface area contributed by atoms with Crippen molar-refractivity contribution in [2.45, 2.75) is 39.5 Å². The van der Waals surface area contributed by atoms with E-state index in [2.05, 4.69) is 23.8 Å². The second-order valence-corrected chi connectivity index (χ2v) is 7.94. The first-order valence-corrected chi connectivity index (χ1v) is 9.80. The van der Waals surface area contributed by atoms with Crippen molar-refractivity contribution in [2.24, 2.45) is 17.6 Å². The minimum atomic E-state index is -0.679. The van der Waals surface area contributed by atoms with Crippen LogP contribution < -0.4 is 11.2 Å². The minimum absolute atomic E-state index is 0.0353. The molecule has 0 saturated heterocycles. The van der Waals surface area contributed by atoms with Crippen LogP contribution in [0.5, 0.6) is 0 Å². The van der Waals surface area contributed by atoms with Gasteiger partial charge in [-0.05, 0) is 49.3 Å². The second-order valence-electron chi connectivity index (χ2n) is 7.94. The second kappa shape index (κ2) is 8.55. The number of amides is 1. The highest BCUT2D eigenvalue weighted by molar-refractivity contribution is 6.03. The van der Waals surface area contributed by atoms with Crippen molar-refractivity contribution in [1.82, 2.24) is 9.97 Å². The van der Waals surface area contributed by atoms with Gasteiger partial charge in [-0.15, -0.1) is 0 Å². The fourth-order valence-corrected chi connectivity index (χ4v) is 4.15. The molecule has 3 N–H and O–H groups in total. The summed E-state index contributed by atoms with van der Waals surface area (Å²) < 4.78 is 12.3. The van der Waals surface area contributed by atoms with Crippen LogP contribution in [-0.2, 0) is 0 Å². The fraction of sp³-hybridized carbons (Fsp3) is 0.348. The molecule has 5 nitrogen and oxygen atoms in total. The molecule has 2 heterocycles. The molecule has 1 fully saturated rings. The summed E-state index contributed by atoms with van der Waals surface area (Å²) in [6.45, 7) is 6.21. The predicted octanol–water partition coefficient (Wildman–Crippen LogP) is 4.31. The van der Waals surface area contributed by atoms with E-state index < -0.39 is 5.91 Å². The molecule has 3 atom stereocenters. The Morgan fingerprint density at radius 3 is 2.48 bits per heavy atom. The van der Waals surface area contributed by atoms with E-state index in [1.165, 1.54) is 18.7 Å². The van der Waals surface area contributed by atoms with E-state index in [-0.39, 0.29) is 22.3 Å². The number of aromatic amines is 1. The molecular weight excluding hydrogens is 369 g/mol. The number of carbonyl (C=O) groups is 1. The van der Waals surface area contributed by atoms with Crippen LogP contribution in [0.15, 0.2) is 47.4 Å². The van der Waals surface area contributed by atoms with Crippen LogP contribution in [-0.4, -0.2) is 15.9 Å². The fourth-order valence-electron chi connectivity index (χ4n) is 4.15. The molecule has 0 radical (unpaired) electrons. The average molecular weight is 395 g/mol. The van der Waals surface area contributed by atoms with Crippen molar-refractivity contribution in [3.05, 3.63) is 75.6 Å². The first kappa shape index (κ1) is 20.7. The summed E-state index contributed by atoms with van der Waals surface area (Å²) in [6, 6.07) is 10.0. The number of hydrogen-bond donors (Lipinski definition) is 2. The first-order valence-electron chi connectivity index (χ1n) is 9.80. The van der Waals surface area contributed by atoms with Gasteiger partial charge in [0.05, 0.1) is 10.9 Å². The van der Waals surface area contributed by atoms with Gasteiger partial charge in [0.25, 0.3) is 5.91 Å². The maximum absolute atomic E-state index is 12.4. The van der Waals surface area contributed by atoms with Crippen molar-refractivity contribution < 1.29 is 9.18 Å². The van der Waals surface area contributed by atoms with E-state index in [0.717, 1.165) is 12.1 Å². The molecule has 152 valence electrons. The van der Waals surface area contributed by atoms with E-state index in [9.17, 15) is 14.0 Å². The van der Waals surface area contributed by atoms with E-state index in [4.69, 9.17) is 5.73 Å². The molecule has 0 aliphatic heterocycles. The van der Waals surface area contributed by atoms with E-state index in [1.54, 1.807) is 31.2 Å². The van der Waals surface area contributed by atoms with Gasteiger partial charge in [-0.2, -0.15) is 0 Å². The van der Waals surface area contributed by atoms with Crippen molar-refractivity contribution in [1.29, 1.82) is 0 Å². The minimum Gasteiger partial charge on any atom is -0.364 e. The summed E-state index contributed by atoms with van der Waals surface area (Å²) in [5.41, 5.74) is 7.43. The summed E-state index contributed by atoms with van der Waals surface area (Å²) >= 11 is 0. The number of halogens is 1. The van der Waals surface area contributed by atoms with Crippen molar-refractivity contribution in [2.75, 3.05) is 0 Å². The molecule has 1 aromatic carbocycles. The predicted molar refractivity (Wildman–Crippen MR) is 112 cm³/mol. The SMILES string of the molecule is CC1CC(C)C(c2cc(=O)c3c(C(N)=O)nccc3[nH]2)C1.Cc1ccccc1F. The lowest BCUT2D eigenvalue weighted by molar-refractivity contribution is 0.0997. The number of benzene rings is 1. The Morgan fingerprint density at radius 1 is 1.21 bits per heavy atom. The normalized spacial score (nSPS) is 20.9. The molecule has 1 saturated carbocycles. The van der Waals surface area contributed by atoms with Crippen LogP contribution in [0.1, 0.15) is 54.4 Å². The van der Waals surface area contributed by atoms with E-state index in [0.29, 0.717) is 28.8 Å². The van der Waals surface area contributed by atoms with Gasteiger partial charge in [-0.1, -0.05) is 32.0 Å². The lowest BCUT2D eigenvalue weighted by atomic mass is 9.93. The maximum Gasteiger partial charge on any atom is 0.268 e. The smallest absolute Gasteiger partial charge is 0.268 e. The standard InChI is InChI=1S/C16H19N3O2.C7H7F/c1-8-5-9(2)10(6-8)12-7-13(20)14-11(19-12)3-4-18-15(14)16(17)21;1-6-4-2-3-5-7(6)8/h3-4,7-10H,5-6H2,1-2H3,(H2,17,21)(H,19,20);2-5H,1H3. The Labute approximate surface area is 169 Å². The number of fused-ring (bicyclic) bond motifs is 1. The van der Waals surface area contributed by atoms with Gasteiger partial charge in [0.2, 0.25) is 0 Å². The van der Waals surface area contributed by atoms with Crippen LogP contribution in [0, 0.1) is 24.6 Å². The number of H-pyrrole nitrogens is 1. The van der Waals surface area contributed by atoms with Crippen LogP contribution in [0.3, 0.4) is 0 Å². The van der Waals surface area contributed by atoms with Crippen molar-refractivity contribution in [3.63, 3.8) is 0 Å². The highest BCUT2D eigenvalue weighted by Crippen LogP contribution is 2.41. The number of nitrogens with one attached hydrogen (secondary N) is 1. The van der Waals surface area contributed by atoms with Gasteiger partial charge < -0.3 is 10.7 Å². The number of nitrogens with zero attached hydrogens (tertiary/aromatic N) is 1. The zero-order valence-corrected chi connectivity index (χ0v) is 16.9. The first-order chi connectivity index (χ1) is 13.8. The van der Waals surface area contributed by atoms with Gasteiger partial charge in [-0.25, -0.2) is 4.39 Å². The Kier molecular flexibility index (Phi) is 6.11.